The van der Waals surface area contributed by atoms with E-state index in [1.165, 1.54) is 10.8 Å². The third kappa shape index (κ3) is 2.47. The smallest absolute Gasteiger partial charge is 0.132 e. The van der Waals surface area contributed by atoms with E-state index in [9.17, 15) is 0 Å². The summed E-state index contributed by atoms with van der Waals surface area (Å²) in [6.45, 7) is 0. The van der Waals surface area contributed by atoms with Crippen molar-refractivity contribution in [1.29, 1.82) is 0 Å². The van der Waals surface area contributed by atoms with Crippen LogP contribution in [-0.4, -0.2) is 12.0 Å². The number of nitrogens with zero attached hydrogens (tertiary/aromatic N) is 2. The molecule has 3 aromatic rings. The van der Waals surface area contributed by atoms with E-state index in [1.54, 1.807) is 0 Å². The van der Waals surface area contributed by atoms with Gasteiger partial charge in [-0.05, 0) is 51.0 Å². The number of aromatic nitrogens is 1. The summed E-state index contributed by atoms with van der Waals surface area (Å²) in [6.07, 6.45) is 1.81. The minimum absolute atomic E-state index is 0.929. The summed E-state index contributed by atoms with van der Waals surface area (Å²) >= 11 is 3.40. The number of halogens is 1. The van der Waals surface area contributed by atoms with Crippen molar-refractivity contribution < 1.29 is 0 Å². The zero-order chi connectivity index (χ0) is 13.2. The van der Waals surface area contributed by atoms with Crippen LogP contribution in [0, 0.1) is 0 Å². The molecule has 0 spiro atoms. The number of fused-ring (bicyclic) bond motifs is 1. The molecule has 0 aliphatic rings. The van der Waals surface area contributed by atoms with Crippen molar-refractivity contribution in [2.45, 2.75) is 0 Å². The summed E-state index contributed by atoms with van der Waals surface area (Å²) in [5.41, 5.74) is 1.13. The summed E-state index contributed by atoms with van der Waals surface area (Å²) in [7, 11) is 2.03. The maximum Gasteiger partial charge on any atom is 0.132 e. The van der Waals surface area contributed by atoms with Crippen LogP contribution in [0.1, 0.15) is 0 Å². The lowest BCUT2D eigenvalue weighted by Gasteiger charge is -2.18. The molecule has 0 saturated carbocycles. The molecule has 0 aliphatic heterocycles. The number of pyridine rings is 1. The minimum atomic E-state index is 0.929. The van der Waals surface area contributed by atoms with E-state index in [-0.39, 0.29) is 0 Å². The average molecular weight is 313 g/mol. The summed E-state index contributed by atoms with van der Waals surface area (Å²) in [5.74, 6) is 0.929. The number of hydrogen-bond acceptors (Lipinski definition) is 2. The quantitative estimate of drug-likeness (QED) is 0.678. The van der Waals surface area contributed by atoms with Gasteiger partial charge in [-0.3, -0.25) is 0 Å². The normalized spacial score (nSPS) is 10.6. The first-order chi connectivity index (χ1) is 9.24. The molecule has 0 N–H and O–H groups in total. The van der Waals surface area contributed by atoms with Gasteiger partial charge in [0, 0.05) is 23.4 Å². The molecule has 3 rings (SSSR count). The predicted molar refractivity (Wildman–Crippen MR) is 83.9 cm³/mol. The molecule has 2 nitrogen and oxygen atoms in total. The molecule has 0 amide bonds. The van der Waals surface area contributed by atoms with Crippen LogP contribution in [0.4, 0.5) is 11.5 Å². The van der Waals surface area contributed by atoms with Crippen LogP contribution < -0.4 is 4.90 Å². The van der Waals surface area contributed by atoms with E-state index in [2.05, 4.69) is 68.3 Å². The van der Waals surface area contributed by atoms with Gasteiger partial charge in [-0.25, -0.2) is 4.98 Å². The van der Waals surface area contributed by atoms with E-state index in [4.69, 9.17) is 0 Å². The summed E-state index contributed by atoms with van der Waals surface area (Å²) in [4.78, 5) is 6.50. The van der Waals surface area contributed by atoms with Crippen LogP contribution >= 0.6 is 15.9 Å². The molecule has 2 aromatic carbocycles. The fourth-order valence-corrected chi connectivity index (χ4v) is 2.32. The van der Waals surface area contributed by atoms with E-state index >= 15 is 0 Å². The van der Waals surface area contributed by atoms with Gasteiger partial charge < -0.3 is 4.90 Å². The topological polar surface area (TPSA) is 16.1 Å². The van der Waals surface area contributed by atoms with E-state index in [0.717, 1.165) is 16.0 Å². The molecule has 0 atom stereocenters. The Morgan fingerprint density at radius 3 is 2.47 bits per heavy atom. The Labute approximate surface area is 120 Å². The highest BCUT2D eigenvalue weighted by atomic mass is 79.9. The van der Waals surface area contributed by atoms with E-state index < -0.39 is 0 Å². The molecule has 1 heterocycles. The Kier molecular flexibility index (Phi) is 3.22. The molecule has 3 heteroatoms. The van der Waals surface area contributed by atoms with Gasteiger partial charge >= 0.3 is 0 Å². The van der Waals surface area contributed by atoms with Gasteiger partial charge in [-0.1, -0.05) is 30.3 Å². The largest absolute Gasteiger partial charge is 0.329 e. The Hall–Kier alpha value is -1.87. The molecule has 0 aliphatic carbocycles. The highest BCUT2D eigenvalue weighted by Crippen LogP contribution is 2.26. The van der Waals surface area contributed by atoms with E-state index in [1.807, 2.05) is 25.4 Å². The van der Waals surface area contributed by atoms with Crippen LogP contribution in [0.2, 0.25) is 0 Å². The Morgan fingerprint density at radius 2 is 1.74 bits per heavy atom. The van der Waals surface area contributed by atoms with Crippen LogP contribution in [0.25, 0.3) is 10.8 Å². The first-order valence-electron chi connectivity index (χ1n) is 6.08. The number of benzene rings is 2. The molecule has 19 heavy (non-hydrogen) atoms. The zero-order valence-corrected chi connectivity index (χ0v) is 12.1. The molecule has 0 saturated heterocycles. The summed E-state index contributed by atoms with van der Waals surface area (Å²) in [5, 5.41) is 2.49. The molecular weight excluding hydrogens is 300 g/mol. The van der Waals surface area contributed by atoms with Gasteiger partial charge in [0.25, 0.3) is 0 Å². The lowest BCUT2D eigenvalue weighted by Crippen LogP contribution is -2.10. The highest BCUT2D eigenvalue weighted by molar-refractivity contribution is 9.10. The molecule has 94 valence electrons. The minimum Gasteiger partial charge on any atom is -0.329 e. The van der Waals surface area contributed by atoms with E-state index in [0.29, 0.717) is 0 Å². The fraction of sp³-hybridized carbons (Fsp3) is 0.0625. The second kappa shape index (κ2) is 5.02. The first-order valence-corrected chi connectivity index (χ1v) is 6.87. The van der Waals surface area contributed by atoms with Crippen molar-refractivity contribution in [3.8, 4) is 0 Å². The first kappa shape index (κ1) is 12.2. The number of hydrogen-bond donors (Lipinski definition) is 0. The van der Waals surface area contributed by atoms with Crippen molar-refractivity contribution in [3.05, 3.63) is 65.3 Å². The SMILES string of the molecule is CN(c1ccc2ccccc2c1)c1ccc(Br)cn1. The van der Waals surface area contributed by atoms with Crippen molar-refractivity contribution in [1.82, 2.24) is 4.98 Å². The predicted octanol–water partition coefficient (Wildman–Crippen LogP) is 4.77. The third-order valence-electron chi connectivity index (χ3n) is 3.18. The van der Waals surface area contributed by atoms with Gasteiger partial charge in [0.05, 0.1) is 0 Å². The third-order valence-corrected chi connectivity index (χ3v) is 3.64. The second-order valence-electron chi connectivity index (χ2n) is 4.43. The zero-order valence-electron chi connectivity index (χ0n) is 10.5. The van der Waals surface area contributed by atoms with Crippen LogP contribution in [-0.2, 0) is 0 Å². The number of anilines is 2. The van der Waals surface area contributed by atoms with Gasteiger partial charge in [0.2, 0.25) is 0 Å². The Balaban J connectivity index is 2.01. The van der Waals surface area contributed by atoms with Gasteiger partial charge in [0.1, 0.15) is 5.82 Å². The molecule has 0 radical (unpaired) electrons. The van der Waals surface area contributed by atoms with Crippen molar-refractivity contribution in [3.63, 3.8) is 0 Å². The molecule has 0 fully saturated rings. The Morgan fingerprint density at radius 1 is 0.947 bits per heavy atom. The van der Waals surface area contributed by atoms with Crippen molar-refractivity contribution in [2.24, 2.45) is 0 Å². The maximum absolute atomic E-state index is 4.41. The summed E-state index contributed by atoms with van der Waals surface area (Å²) in [6, 6.07) is 18.8. The average Bonchev–Trinajstić information content (AvgIpc) is 2.47. The molecule has 0 bridgehead atoms. The molecule has 0 unspecified atom stereocenters. The number of rotatable bonds is 2. The van der Waals surface area contributed by atoms with Gasteiger partial charge in [-0.2, -0.15) is 0 Å². The van der Waals surface area contributed by atoms with Gasteiger partial charge in [-0.15, -0.1) is 0 Å². The Bertz CT molecular complexity index is 707. The fourth-order valence-electron chi connectivity index (χ4n) is 2.08. The highest BCUT2D eigenvalue weighted by Gasteiger charge is 2.05. The monoisotopic (exact) mass is 312 g/mol. The lowest BCUT2D eigenvalue weighted by molar-refractivity contribution is 1.12. The van der Waals surface area contributed by atoms with Crippen molar-refractivity contribution >= 4 is 38.2 Å². The van der Waals surface area contributed by atoms with Crippen molar-refractivity contribution in [2.75, 3.05) is 11.9 Å². The maximum atomic E-state index is 4.41. The lowest BCUT2D eigenvalue weighted by atomic mass is 10.1. The van der Waals surface area contributed by atoms with Crippen LogP contribution in [0.5, 0.6) is 0 Å². The second-order valence-corrected chi connectivity index (χ2v) is 5.34. The molecular formula is C16H13BrN2. The summed E-state index contributed by atoms with van der Waals surface area (Å²) < 4.78 is 0.989. The molecule has 1 aromatic heterocycles. The van der Waals surface area contributed by atoms with Crippen LogP contribution in [0.3, 0.4) is 0 Å². The van der Waals surface area contributed by atoms with Crippen LogP contribution in [0.15, 0.2) is 65.3 Å². The standard InChI is InChI=1S/C16H13BrN2/c1-19(16-9-7-14(17)11-18-16)15-8-6-12-4-2-3-5-13(12)10-15/h2-11H,1H3. The van der Waals surface area contributed by atoms with Gasteiger partial charge in [0.15, 0.2) is 0 Å².